The van der Waals surface area contributed by atoms with Gasteiger partial charge < -0.3 is 10.1 Å². The molecule has 3 nitrogen and oxygen atoms in total. The number of halogens is 1. The third-order valence-electron chi connectivity index (χ3n) is 4.07. The number of carbonyl (C=O) groups excluding carboxylic acids is 1. The van der Waals surface area contributed by atoms with Crippen LogP contribution in [0.1, 0.15) is 18.9 Å². The summed E-state index contributed by atoms with van der Waals surface area (Å²) in [6, 6.07) is 21.4. The number of ether oxygens (including phenoxy) is 1. The van der Waals surface area contributed by atoms with Crippen molar-refractivity contribution in [1.82, 2.24) is 5.32 Å². The van der Waals surface area contributed by atoms with Gasteiger partial charge in [-0.25, -0.2) is 0 Å². The summed E-state index contributed by atoms with van der Waals surface area (Å²) in [4.78, 5) is 12.4. The molecule has 4 heteroatoms. The second kappa shape index (κ2) is 8.04. The largest absolute Gasteiger partial charge is 0.481 e. The van der Waals surface area contributed by atoms with Gasteiger partial charge in [0.25, 0.3) is 5.91 Å². The highest BCUT2D eigenvalue weighted by atomic mass is 35.5. The molecule has 1 amide bonds. The molecule has 3 rings (SSSR count). The molecule has 0 radical (unpaired) electrons. The average molecular weight is 354 g/mol. The van der Waals surface area contributed by atoms with Crippen LogP contribution in [-0.4, -0.2) is 12.0 Å². The van der Waals surface area contributed by atoms with Crippen molar-refractivity contribution >= 4 is 28.3 Å². The van der Waals surface area contributed by atoms with Gasteiger partial charge in [-0.15, -0.1) is 0 Å². The van der Waals surface area contributed by atoms with Gasteiger partial charge in [-0.1, -0.05) is 67.1 Å². The molecule has 1 atom stereocenters. The molecule has 0 aliphatic heterocycles. The third-order valence-corrected chi connectivity index (χ3v) is 4.44. The topological polar surface area (TPSA) is 38.3 Å². The van der Waals surface area contributed by atoms with Crippen LogP contribution in [0.25, 0.3) is 10.8 Å². The van der Waals surface area contributed by atoms with Gasteiger partial charge in [0.2, 0.25) is 0 Å². The number of fused-ring (bicyclic) bond motifs is 1. The molecule has 0 aromatic heterocycles. The Morgan fingerprint density at radius 2 is 1.76 bits per heavy atom. The summed E-state index contributed by atoms with van der Waals surface area (Å²) >= 11 is 6.12. The Labute approximate surface area is 152 Å². The van der Waals surface area contributed by atoms with E-state index in [0.717, 1.165) is 16.3 Å². The monoisotopic (exact) mass is 353 g/mol. The van der Waals surface area contributed by atoms with Gasteiger partial charge in [0.1, 0.15) is 5.75 Å². The summed E-state index contributed by atoms with van der Waals surface area (Å²) in [5, 5.41) is 5.78. The predicted molar refractivity (Wildman–Crippen MR) is 102 cm³/mol. The molecule has 25 heavy (non-hydrogen) atoms. The Bertz CT molecular complexity index is 878. The number of nitrogens with one attached hydrogen (secondary N) is 1. The van der Waals surface area contributed by atoms with E-state index < -0.39 is 6.10 Å². The molecule has 0 spiro atoms. The van der Waals surface area contributed by atoms with Crippen molar-refractivity contribution in [2.24, 2.45) is 0 Å². The van der Waals surface area contributed by atoms with E-state index in [9.17, 15) is 4.79 Å². The van der Waals surface area contributed by atoms with E-state index in [2.05, 4.69) is 5.32 Å². The number of amides is 1. The number of hydrogen-bond acceptors (Lipinski definition) is 2. The summed E-state index contributed by atoms with van der Waals surface area (Å²) in [5.41, 5.74) is 0.887. The normalized spacial score (nSPS) is 11.9. The van der Waals surface area contributed by atoms with E-state index in [0.29, 0.717) is 23.7 Å². The Morgan fingerprint density at radius 1 is 1.04 bits per heavy atom. The van der Waals surface area contributed by atoms with Gasteiger partial charge in [-0.2, -0.15) is 0 Å². The van der Waals surface area contributed by atoms with Crippen LogP contribution in [0.3, 0.4) is 0 Å². The first-order valence-electron chi connectivity index (χ1n) is 8.34. The maximum absolute atomic E-state index is 12.4. The minimum atomic E-state index is -0.538. The van der Waals surface area contributed by atoms with E-state index >= 15 is 0 Å². The highest BCUT2D eigenvalue weighted by Gasteiger charge is 2.18. The third kappa shape index (κ3) is 4.31. The van der Waals surface area contributed by atoms with Gasteiger partial charge in [-0.05, 0) is 41.0 Å². The highest BCUT2D eigenvalue weighted by Crippen LogP contribution is 2.22. The van der Waals surface area contributed by atoms with Crippen molar-refractivity contribution in [2.75, 3.05) is 0 Å². The Hall–Kier alpha value is -2.52. The van der Waals surface area contributed by atoms with Crippen LogP contribution in [0, 0.1) is 0 Å². The Balaban J connectivity index is 1.66. The van der Waals surface area contributed by atoms with Crippen LogP contribution in [0.5, 0.6) is 5.75 Å². The summed E-state index contributed by atoms with van der Waals surface area (Å²) < 4.78 is 5.91. The van der Waals surface area contributed by atoms with Crippen molar-refractivity contribution in [3.05, 3.63) is 77.3 Å². The molecule has 0 bridgehead atoms. The lowest BCUT2D eigenvalue weighted by molar-refractivity contribution is -0.128. The molecule has 0 aliphatic carbocycles. The molecular formula is C21H20ClNO2. The van der Waals surface area contributed by atoms with Crippen molar-refractivity contribution in [3.8, 4) is 5.75 Å². The fourth-order valence-electron chi connectivity index (χ4n) is 2.67. The molecule has 0 unspecified atom stereocenters. The van der Waals surface area contributed by atoms with Gasteiger partial charge in [0.15, 0.2) is 6.10 Å². The summed E-state index contributed by atoms with van der Waals surface area (Å²) in [7, 11) is 0. The lowest BCUT2D eigenvalue weighted by atomic mass is 10.1. The summed E-state index contributed by atoms with van der Waals surface area (Å²) in [6.45, 7) is 2.32. The molecule has 128 valence electrons. The Kier molecular flexibility index (Phi) is 5.56. The van der Waals surface area contributed by atoms with E-state index in [1.54, 1.807) is 0 Å². The van der Waals surface area contributed by atoms with Gasteiger partial charge in [0, 0.05) is 11.6 Å². The molecular weight excluding hydrogens is 334 g/mol. The van der Waals surface area contributed by atoms with Gasteiger partial charge in [0.05, 0.1) is 0 Å². The van der Waals surface area contributed by atoms with E-state index in [1.807, 2.05) is 73.7 Å². The van der Waals surface area contributed by atoms with E-state index in [4.69, 9.17) is 16.3 Å². The van der Waals surface area contributed by atoms with Crippen LogP contribution in [0.15, 0.2) is 66.7 Å². The maximum Gasteiger partial charge on any atom is 0.261 e. The van der Waals surface area contributed by atoms with Crippen LogP contribution in [0.2, 0.25) is 5.02 Å². The molecule has 0 saturated heterocycles. The lowest BCUT2D eigenvalue weighted by Gasteiger charge is -2.18. The fourth-order valence-corrected chi connectivity index (χ4v) is 2.87. The molecule has 3 aromatic carbocycles. The van der Waals surface area contributed by atoms with E-state index in [1.165, 1.54) is 0 Å². The summed E-state index contributed by atoms with van der Waals surface area (Å²) in [6.07, 6.45) is 0.0462. The standard InChI is InChI=1S/C21H20ClNO2/c1-2-20(21(24)23-14-17-9-5-6-10-19(17)22)25-18-12-11-15-7-3-4-8-16(15)13-18/h3-13,20H,2,14H2,1H3,(H,23,24)/t20-/m0/s1. The van der Waals surface area contributed by atoms with Gasteiger partial charge >= 0.3 is 0 Å². The number of carbonyl (C=O) groups is 1. The van der Waals surface area contributed by atoms with Gasteiger partial charge in [-0.3, -0.25) is 4.79 Å². The highest BCUT2D eigenvalue weighted by molar-refractivity contribution is 6.31. The molecule has 0 fully saturated rings. The number of benzene rings is 3. The van der Waals surface area contributed by atoms with Crippen molar-refractivity contribution in [3.63, 3.8) is 0 Å². The van der Waals surface area contributed by atoms with Crippen LogP contribution in [-0.2, 0) is 11.3 Å². The zero-order valence-corrected chi connectivity index (χ0v) is 14.8. The minimum absolute atomic E-state index is 0.143. The first kappa shape index (κ1) is 17.3. The fraction of sp³-hybridized carbons (Fsp3) is 0.190. The van der Waals surface area contributed by atoms with Crippen LogP contribution < -0.4 is 10.1 Å². The van der Waals surface area contributed by atoms with Crippen molar-refractivity contribution < 1.29 is 9.53 Å². The first-order chi connectivity index (χ1) is 12.2. The zero-order chi connectivity index (χ0) is 17.6. The number of hydrogen-bond donors (Lipinski definition) is 1. The molecule has 0 aliphatic rings. The van der Waals surface area contributed by atoms with E-state index in [-0.39, 0.29) is 5.91 Å². The van der Waals surface area contributed by atoms with Crippen molar-refractivity contribution in [1.29, 1.82) is 0 Å². The maximum atomic E-state index is 12.4. The van der Waals surface area contributed by atoms with Crippen LogP contribution in [0.4, 0.5) is 0 Å². The van der Waals surface area contributed by atoms with Crippen LogP contribution >= 0.6 is 11.6 Å². The second-order valence-corrected chi connectivity index (χ2v) is 6.24. The smallest absolute Gasteiger partial charge is 0.261 e. The first-order valence-corrected chi connectivity index (χ1v) is 8.71. The predicted octanol–water partition coefficient (Wildman–Crippen LogP) is 4.97. The number of rotatable bonds is 6. The molecule has 3 aromatic rings. The van der Waals surface area contributed by atoms with Crippen molar-refractivity contribution in [2.45, 2.75) is 26.0 Å². The Morgan fingerprint density at radius 3 is 2.52 bits per heavy atom. The average Bonchev–Trinajstić information content (AvgIpc) is 2.65. The second-order valence-electron chi connectivity index (χ2n) is 5.83. The lowest BCUT2D eigenvalue weighted by Crippen LogP contribution is -2.37. The SMILES string of the molecule is CC[C@H](Oc1ccc2ccccc2c1)C(=O)NCc1ccccc1Cl. The molecule has 1 N–H and O–H groups in total. The zero-order valence-electron chi connectivity index (χ0n) is 14.0. The summed E-state index contributed by atoms with van der Waals surface area (Å²) in [5.74, 6) is 0.550. The minimum Gasteiger partial charge on any atom is -0.481 e. The molecule has 0 saturated carbocycles. The molecule has 0 heterocycles. The quantitative estimate of drug-likeness (QED) is 0.679.